The van der Waals surface area contributed by atoms with E-state index in [1.807, 2.05) is 47.1 Å². The molecule has 26 heavy (non-hydrogen) atoms. The average molecular weight is 358 g/mol. The maximum Gasteiger partial charge on any atom is 0.227 e. The van der Waals surface area contributed by atoms with Crippen LogP contribution in [0.3, 0.4) is 0 Å². The number of hydrogen-bond donors (Lipinski definition) is 0. The van der Waals surface area contributed by atoms with Crippen molar-refractivity contribution in [3.63, 3.8) is 0 Å². The van der Waals surface area contributed by atoms with Gasteiger partial charge in [0.1, 0.15) is 12.4 Å². The first-order chi connectivity index (χ1) is 12.7. The van der Waals surface area contributed by atoms with Crippen molar-refractivity contribution >= 4 is 11.8 Å². The van der Waals surface area contributed by atoms with Gasteiger partial charge in [-0.1, -0.05) is 31.0 Å². The number of para-hydroxylation sites is 1. The van der Waals surface area contributed by atoms with Gasteiger partial charge < -0.3 is 14.5 Å². The maximum absolute atomic E-state index is 13.0. The number of carbonyl (C=O) groups is 2. The Labute approximate surface area is 156 Å². The molecule has 0 N–H and O–H groups in total. The van der Waals surface area contributed by atoms with Crippen LogP contribution in [0.2, 0.25) is 0 Å². The van der Waals surface area contributed by atoms with Crippen molar-refractivity contribution in [2.24, 2.45) is 5.92 Å². The van der Waals surface area contributed by atoms with Gasteiger partial charge in [-0.2, -0.15) is 0 Å². The van der Waals surface area contributed by atoms with E-state index in [2.05, 4.69) is 0 Å². The number of likely N-dealkylation sites (N-methyl/N-ethyl adjacent to an activating group) is 1. The highest BCUT2D eigenvalue weighted by Gasteiger charge is 2.36. The second-order valence-electron chi connectivity index (χ2n) is 7.30. The van der Waals surface area contributed by atoms with E-state index in [0.29, 0.717) is 45.1 Å². The Balaban J connectivity index is 1.52. The molecule has 0 spiro atoms. The van der Waals surface area contributed by atoms with Gasteiger partial charge in [-0.3, -0.25) is 9.59 Å². The molecule has 1 aromatic rings. The standard InChI is InChI=1S/C21H30N2O3/c1-2-22(14-15-26-19-10-4-3-5-11-19)21(25)17-12-13-20(24)23(16-17)18-8-6-7-9-18/h3-5,10-11,17-18H,2,6-9,12-16H2,1H3. The third-order valence-corrected chi connectivity index (χ3v) is 5.63. The van der Waals surface area contributed by atoms with Crippen molar-refractivity contribution in [2.75, 3.05) is 26.2 Å². The number of rotatable bonds is 7. The number of likely N-dealkylation sites (tertiary alicyclic amines) is 1. The topological polar surface area (TPSA) is 49.9 Å². The molecule has 0 aromatic heterocycles. The minimum absolute atomic E-state index is 0.0648. The van der Waals surface area contributed by atoms with E-state index in [-0.39, 0.29) is 17.7 Å². The predicted molar refractivity (Wildman–Crippen MR) is 101 cm³/mol. The molecule has 1 saturated heterocycles. The van der Waals surface area contributed by atoms with Crippen LogP contribution in [0.4, 0.5) is 0 Å². The summed E-state index contributed by atoms with van der Waals surface area (Å²) in [6, 6.07) is 10.0. The van der Waals surface area contributed by atoms with Crippen molar-refractivity contribution in [2.45, 2.75) is 51.5 Å². The van der Waals surface area contributed by atoms with Crippen LogP contribution in [0.25, 0.3) is 0 Å². The minimum Gasteiger partial charge on any atom is -0.492 e. The molecule has 1 aliphatic heterocycles. The fourth-order valence-corrected chi connectivity index (χ4v) is 4.11. The van der Waals surface area contributed by atoms with Crippen LogP contribution in [-0.2, 0) is 9.59 Å². The molecule has 5 heteroatoms. The molecule has 3 rings (SSSR count). The van der Waals surface area contributed by atoms with E-state index in [1.54, 1.807) is 0 Å². The molecule has 1 unspecified atom stereocenters. The fourth-order valence-electron chi connectivity index (χ4n) is 4.11. The molecule has 142 valence electrons. The van der Waals surface area contributed by atoms with Gasteiger partial charge in [0.2, 0.25) is 11.8 Å². The van der Waals surface area contributed by atoms with Crippen LogP contribution in [0.5, 0.6) is 5.75 Å². The summed E-state index contributed by atoms with van der Waals surface area (Å²) < 4.78 is 5.74. The highest BCUT2D eigenvalue weighted by Crippen LogP contribution is 2.29. The number of benzene rings is 1. The first-order valence-corrected chi connectivity index (χ1v) is 9.95. The quantitative estimate of drug-likeness (QED) is 0.753. The molecule has 1 heterocycles. The van der Waals surface area contributed by atoms with Gasteiger partial charge in [0.05, 0.1) is 12.5 Å². The van der Waals surface area contributed by atoms with Crippen molar-refractivity contribution in [3.8, 4) is 5.75 Å². The monoisotopic (exact) mass is 358 g/mol. The SMILES string of the molecule is CCN(CCOc1ccccc1)C(=O)C1CCC(=O)N(C2CCCC2)C1. The summed E-state index contributed by atoms with van der Waals surface area (Å²) in [5.41, 5.74) is 0. The Morgan fingerprint density at radius 1 is 1.19 bits per heavy atom. The zero-order valence-corrected chi connectivity index (χ0v) is 15.7. The zero-order valence-electron chi connectivity index (χ0n) is 15.7. The lowest BCUT2D eigenvalue weighted by Gasteiger charge is -2.38. The minimum atomic E-state index is -0.0648. The van der Waals surface area contributed by atoms with E-state index >= 15 is 0 Å². The van der Waals surface area contributed by atoms with Crippen molar-refractivity contribution in [3.05, 3.63) is 30.3 Å². The fraction of sp³-hybridized carbons (Fsp3) is 0.619. The summed E-state index contributed by atoms with van der Waals surface area (Å²) in [6.07, 6.45) is 5.77. The molecule has 1 atom stereocenters. The van der Waals surface area contributed by atoms with Gasteiger partial charge in [0.25, 0.3) is 0 Å². The molecule has 1 aromatic carbocycles. The van der Waals surface area contributed by atoms with E-state index in [1.165, 1.54) is 12.8 Å². The third-order valence-electron chi connectivity index (χ3n) is 5.63. The Morgan fingerprint density at radius 3 is 2.62 bits per heavy atom. The van der Waals surface area contributed by atoms with Crippen LogP contribution in [0, 0.1) is 5.92 Å². The molecule has 0 radical (unpaired) electrons. The lowest BCUT2D eigenvalue weighted by molar-refractivity contribution is -0.144. The van der Waals surface area contributed by atoms with Gasteiger partial charge in [-0.15, -0.1) is 0 Å². The number of hydrogen-bond acceptors (Lipinski definition) is 3. The molecule has 1 saturated carbocycles. The van der Waals surface area contributed by atoms with Crippen LogP contribution >= 0.6 is 0 Å². The molecule has 0 bridgehead atoms. The summed E-state index contributed by atoms with van der Waals surface area (Å²) in [7, 11) is 0. The maximum atomic E-state index is 13.0. The number of nitrogens with zero attached hydrogens (tertiary/aromatic N) is 2. The summed E-state index contributed by atoms with van der Waals surface area (Å²) >= 11 is 0. The first-order valence-electron chi connectivity index (χ1n) is 9.95. The molecular formula is C21H30N2O3. The van der Waals surface area contributed by atoms with E-state index in [0.717, 1.165) is 18.6 Å². The van der Waals surface area contributed by atoms with E-state index < -0.39 is 0 Å². The highest BCUT2D eigenvalue weighted by atomic mass is 16.5. The van der Waals surface area contributed by atoms with Crippen LogP contribution in [0.1, 0.15) is 45.4 Å². The Hall–Kier alpha value is -2.04. The average Bonchev–Trinajstić information content (AvgIpc) is 3.20. The predicted octanol–water partition coefficient (Wildman–Crippen LogP) is 3.10. The van der Waals surface area contributed by atoms with Crippen LogP contribution in [0.15, 0.2) is 30.3 Å². The molecular weight excluding hydrogens is 328 g/mol. The normalized spacial score (nSPS) is 21.0. The van der Waals surface area contributed by atoms with Crippen LogP contribution < -0.4 is 4.74 Å². The lowest BCUT2D eigenvalue weighted by atomic mass is 9.94. The van der Waals surface area contributed by atoms with Gasteiger partial charge >= 0.3 is 0 Å². The van der Waals surface area contributed by atoms with E-state index in [4.69, 9.17) is 4.74 Å². The Kier molecular flexibility index (Phi) is 6.53. The van der Waals surface area contributed by atoms with Gasteiger partial charge in [-0.05, 0) is 38.3 Å². The second kappa shape index (κ2) is 9.06. The summed E-state index contributed by atoms with van der Waals surface area (Å²) in [5.74, 6) is 1.16. The Bertz CT molecular complexity index is 599. The number of amides is 2. The number of carbonyl (C=O) groups excluding carboxylic acids is 2. The molecule has 2 fully saturated rings. The first kappa shape index (κ1) is 18.7. The second-order valence-corrected chi connectivity index (χ2v) is 7.30. The summed E-state index contributed by atoms with van der Waals surface area (Å²) in [6.45, 7) is 4.34. The zero-order chi connectivity index (χ0) is 18.4. The summed E-state index contributed by atoms with van der Waals surface area (Å²) in [5, 5.41) is 0. The van der Waals surface area contributed by atoms with Crippen LogP contribution in [-0.4, -0.2) is 53.9 Å². The van der Waals surface area contributed by atoms with Gasteiger partial charge in [-0.25, -0.2) is 0 Å². The lowest BCUT2D eigenvalue weighted by Crippen LogP contribution is -2.50. The molecule has 1 aliphatic carbocycles. The largest absolute Gasteiger partial charge is 0.492 e. The number of piperidine rings is 1. The van der Waals surface area contributed by atoms with E-state index in [9.17, 15) is 9.59 Å². The van der Waals surface area contributed by atoms with Gasteiger partial charge in [0, 0.05) is 25.6 Å². The molecule has 5 nitrogen and oxygen atoms in total. The van der Waals surface area contributed by atoms with Gasteiger partial charge in [0.15, 0.2) is 0 Å². The smallest absolute Gasteiger partial charge is 0.227 e. The van der Waals surface area contributed by atoms with Crippen molar-refractivity contribution in [1.82, 2.24) is 9.80 Å². The van der Waals surface area contributed by atoms with Crippen molar-refractivity contribution < 1.29 is 14.3 Å². The highest BCUT2D eigenvalue weighted by molar-refractivity contribution is 5.84. The molecule has 2 aliphatic rings. The van der Waals surface area contributed by atoms with Crippen molar-refractivity contribution in [1.29, 1.82) is 0 Å². The summed E-state index contributed by atoms with van der Waals surface area (Å²) in [4.78, 5) is 29.1. The molecule has 2 amide bonds. The Morgan fingerprint density at radius 2 is 1.92 bits per heavy atom. The third kappa shape index (κ3) is 4.57. The number of ether oxygens (including phenoxy) is 1.